The van der Waals surface area contributed by atoms with Gasteiger partial charge >= 0.3 is 0 Å². The van der Waals surface area contributed by atoms with Crippen LogP contribution >= 0.6 is 0 Å². The zero-order valence-electron chi connectivity index (χ0n) is 7.25. The second-order valence-electron chi connectivity index (χ2n) is 2.61. The summed E-state index contributed by atoms with van der Waals surface area (Å²) in [4.78, 5) is 0. The van der Waals surface area contributed by atoms with E-state index >= 15 is 0 Å². The third kappa shape index (κ3) is 2.29. The molecule has 0 bridgehead atoms. The highest BCUT2D eigenvalue weighted by molar-refractivity contribution is 5.34. The Hall–Kier alpha value is -1.48. The molecule has 0 heteroatoms. The van der Waals surface area contributed by atoms with Crippen LogP contribution in [0.1, 0.15) is 18.1 Å². The van der Waals surface area contributed by atoms with Gasteiger partial charge in [-0.15, -0.1) is 6.42 Å². The number of hydrogen-bond acceptors (Lipinski definition) is 0. The van der Waals surface area contributed by atoms with Crippen LogP contribution in [-0.2, 0) is 6.42 Å². The van der Waals surface area contributed by atoms with Crippen LogP contribution in [0.2, 0.25) is 0 Å². The van der Waals surface area contributed by atoms with E-state index in [1.807, 2.05) is 19.1 Å². The van der Waals surface area contributed by atoms with Crippen LogP contribution in [0, 0.1) is 12.3 Å². The molecule has 1 rings (SSSR count). The Morgan fingerprint density at radius 3 is 2.50 bits per heavy atom. The monoisotopic (exact) mass is 156 g/mol. The second-order valence-corrected chi connectivity index (χ2v) is 2.61. The van der Waals surface area contributed by atoms with Gasteiger partial charge in [-0.2, -0.15) is 0 Å². The van der Waals surface area contributed by atoms with Crippen LogP contribution in [0.4, 0.5) is 0 Å². The van der Waals surface area contributed by atoms with Gasteiger partial charge in [0.2, 0.25) is 0 Å². The van der Waals surface area contributed by atoms with Gasteiger partial charge in [0, 0.05) is 5.56 Å². The summed E-state index contributed by atoms with van der Waals surface area (Å²) >= 11 is 0. The number of benzene rings is 1. The Labute approximate surface area is 73.9 Å². The number of terminal acetylenes is 1. The molecular formula is C12H12. The van der Waals surface area contributed by atoms with Gasteiger partial charge in [0.1, 0.15) is 0 Å². The van der Waals surface area contributed by atoms with Gasteiger partial charge in [-0.3, -0.25) is 0 Å². The highest BCUT2D eigenvalue weighted by Gasteiger charge is 1.88. The fourth-order valence-corrected chi connectivity index (χ4v) is 0.991. The highest BCUT2D eigenvalue weighted by Crippen LogP contribution is 2.04. The Morgan fingerprint density at radius 1 is 1.33 bits per heavy atom. The van der Waals surface area contributed by atoms with Crippen LogP contribution in [0.25, 0.3) is 0 Å². The summed E-state index contributed by atoms with van der Waals surface area (Å²) in [5.41, 5.74) is 2.24. The van der Waals surface area contributed by atoms with Crippen molar-refractivity contribution < 1.29 is 0 Å². The van der Waals surface area contributed by atoms with Crippen molar-refractivity contribution in [2.24, 2.45) is 0 Å². The Kier molecular flexibility index (Phi) is 3.17. The van der Waals surface area contributed by atoms with Crippen molar-refractivity contribution in [2.45, 2.75) is 13.3 Å². The van der Waals surface area contributed by atoms with Crippen molar-refractivity contribution in [1.29, 1.82) is 0 Å². The van der Waals surface area contributed by atoms with E-state index in [1.165, 1.54) is 5.56 Å². The molecule has 0 amide bonds. The Balaban J connectivity index is 2.73. The first-order chi connectivity index (χ1) is 5.86. The van der Waals surface area contributed by atoms with Crippen LogP contribution in [0.15, 0.2) is 36.4 Å². The van der Waals surface area contributed by atoms with Gasteiger partial charge in [-0.1, -0.05) is 30.2 Å². The molecule has 12 heavy (non-hydrogen) atoms. The van der Waals surface area contributed by atoms with Crippen molar-refractivity contribution in [3.05, 3.63) is 47.5 Å². The van der Waals surface area contributed by atoms with Gasteiger partial charge in [0.05, 0.1) is 0 Å². The topological polar surface area (TPSA) is 0 Å². The van der Waals surface area contributed by atoms with E-state index in [2.05, 4.69) is 30.2 Å². The molecule has 1 aromatic rings. The van der Waals surface area contributed by atoms with Gasteiger partial charge < -0.3 is 0 Å². The largest absolute Gasteiger partial charge is 0.115 e. The summed E-state index contributed by atoms with van der Waals surface area (Å²) in [6.07, 6.45) is 10.4. The zero-order chi connectivity index (χ0) is 8.81. The smallest absolute Gasteiger partial charge is 0.0242 e. The van der Waals surface area contributed by atoms with Gasteiger partial charge in [-0.05, 0) is 31.0 Å². The molecule has 0 aliphatic carbocycles. The molecule has 0 unspecified atom stereocenters. The lowest BCUT2D eigenvalue weighted by atomic mass is 10.1. The van der Waals surface area contributed by atoms with Crippen LogP contribution in [0.5, 0.6) is 0 Å². The maximum Gasteiger partial charge on any atom is 0.0242 e. The molecule has 0 nitrogen and oxygen atoms in total. The first-order valence-electron chi connectivity index (χ1n) is 4.03. The van der Waals surface area contributed by atoms with Crippen molar-refractivity contribution in [1.82, 2.24) is 0 Å². The zero-order valence-corrected chi connectivity index (χ0v) is 7.25. The molecule has 0 fully saturated rings. The van der Waals surface area contributed by atoms with Crippen LogP contribution in [-0.4, -0.2) is 0 Å². The lowest BCUT2D eigenvalue weighted by Gasteiger charge is -1.95. The normalized spacial score (nSPS) is 10.0. The van der Waals surface area contributed by atoms with E-state index in [0.717, 1.165) is 12.0 Å². The van der Waals surface area contributed by atoms with Crippen molar-refractivity contribution in [3.8, 4) is 12.3 Å². The molecule has 60 valence electrons. The average molecular weight is 156 g/mol. The van der Waals surface area contributed by atoms with Gasteiger partial charge in [0.15, 0.2) is 0 Å². The number of rotatable bonds is 2. The SMILES string of the molecule is C#Cc1ccc(CC=CC)cc1. The Bertz CT molecular complexity index is 296. The van der Waals surface area contributed by atoms with E-state index in [0.29, 0.717) is 0 Å². The molecule has 1 aromatic carbocycles. The van der Waals surface area contributed by atoms with E-state index in [1.54, 1.807) is 0 Å². The van der Waals surface area contributed by atoms with Crippen LogP contribution in [0.3, 0.4) is 0 Å². The minimum Gasteiger partial charge on any atom is -0.115 e. The standard InChI is InChI=1S/C12H12/c1-3-5-6-12-9-7-11(4-2)8-10-12/h2-3,5,7-10H,6H2,1H3. The maximum absolute atomic E-state index is 5.24. The van der Waals surface area contributed by atoms with E-state index in [-0.39, 0.29) is 0 Å². The molecule has 0 aromatic heterocycles. The summed E-state index contributed by atoms with van der Waals surface area (Å²) in [6, 6.07) is 8.07. The molecular weight excluding hydrogens is 144 g/mol. The molecule has 0 N–H and O–H groups in total. The molecule has 0 aliphatic rings. The maximum atomic E-state index is 5.24. The van der Waals surface area contributed by atoms with E-state index < -0.39 is 0 Å². The molecule has 0 spiro atoms. The average Bonchev–Trinajstić information content (AvgIpc) is 2.15. The van der Waals surface area contributed by atoms with Crippen molar-refractivity contribution >= 4 is 0 Å². The third-order valence-electron chi connectivity index (χ3n) is 1.71. The fraction of sp³-hybridized carbons (Fsp3) is 0.167. The first-order valence-corrected chi connectivity index (χ1v) is 4.03. The first kappa shape index (κ1) is 8.62. The summed E-state index contributed by atoms with van der Waals surface area (Å²) < 4.78 is 0. The molecule has 0 heterocycles. The Morgan fingerprint density at radius 2 is 2.00 bits per heavy atom. The molecule has 0 aliphatic heterocycles. The third-order valence-corrected chi connectivity index (χ3v) is 1.71. The molecule has 0 saturated heterocycles. The van der Waals surface area contributed by atoms with E-state index in [9.17, 15) is 0 Å². The summed E-state index contributed by atoms with van der Waals surface area (Å²) in [6.45, 7) is 2.02. The summed E-state index contributed by atoms with van der Waals surface area (Å²) in [5.74, 6) is 2.59. The van der Waals surface area contributed by atoms with Crippen molar-refractivity contribution in [2.75, 3.05) is 0 Å². The highest BCUT2D eigenvalue weighted by atomic mass is 13.9. The van der Waals surface area contributed by atoms with Gasteiger partial charge in [0.25, 0.3) is 0 Å². The van der Waals surface area contributed by atoms with Gasteiger partial charge in [-0.25, -0.2) is 0 Å². The minimum absolute atomic E-state index is 0.944. The lowest BCUT2D eigenvalue weighted by molar-refractivity contribution is 1.26. The number of allylic oxidation sites excluding steroid dienone is 2. The molecule has 0 atom stereocenters. The van der Waals surface area contributed by atoms with Crippen LogP contribution < -0.4 is 0 Å². The minimum atomic E-state index is 0.944. The fourth-order valence-electron chi connectivity index (χ4n) is 0.991. The lowest BCUT2D eigenvalue weighted by Crippen LogP contribution is -1.80. The summed E-state index contributed by atoms with van der Waals surface area (Å²) in [5, 5.41) is 0. The van der Waals surface area contributed by atoms with Crippen molar-refractivity contribution in [3.63, 3.8) is 0 Å². The molecule has 0 saturated carbocycles. The predicted molar refractivity (Wildman–Crippen MR) is 52.9 cm³/mol. The van der Waals surface area contributed by atoms with E-state index in [4.69, 9.17) is 6.42 Å². The number of hydrogen-bond donors (Lipinski definition) is 0. The predicted octanol–water partition coefficient (Wildman–Crippen LogP) is 2.79. The summed E-state index contributed by atoms with van der Waals surface area (Å²) in [7, 11) is 0. The second kappa shape index (κ2) is 4.41. The molecule has 0 radical (unpaired) electrons. The quantitative estimate of drug-likeness (QED) is 0.456.